The Kier molecular flexibility index (Phi) is 3.19. The molecular weight excluding hydrogens is 284 g/mol. The van der Waals surface area contributed by atoms with Crippen LogP contribution in [-0.2, 0) is 9.84 Å². The van der Waals surface area contributed by atoms with E-state index in [1.807, 2.05) is 31.2 Å². The third kappa shape index (κ3) is 2.28. The fourth-order valence-electron chi connectivity index (χ4n) is 2.69. The van der Waals surface area contributed by atoms with E-state index in [-0.39, 0.29) is 11.8 Å². The average Bonchev–Trinajstić information content (AvgIpc) is 2.71. The molecule has 2 aromatic rings. The maximum absolute atomic E-state index is 12.2. The Balaban J connectivity index is 2.02. The second kappa shape index (κ2) is 4.90. The topological polar surface area (TPSA) is 70.0 Å². The van der Waals surface area contributed by atoms with Gasteiger partial charge in [0.2, 0.25) is 0 Å². The van der Waals surface area contributed by atoms with Crippen molar-refractivity contribution in [3.05, 3.63) is 59.2 Å². The summed E-state index contributed by atoms with van der Waals surface area (Å²) in [6.07, 6.45) is 0. The Hall–Kier alpha value is -2.32. The number of aryl methyl sites for hydroxylation is 1. The van der Waals surface area contributed by atoms with Gasteiger partial charge in [-0.1, -0.05) is 30.3 Å². The molecule has 1 N–H and O–H groups in total. The van der Waals surface area contributed by atoms with Crippen molar-refractivity contribution in [2.45, 2.75) is 17.9 Å². The number of fused-ring (bicyclic) bond motifs is 1. The summed E-state index contributed by atoms with van der Waals surface area (Å²) in [5, 5.41) is 12.5. The fourth-order valence-corrected chi connectivity index (χ4v) is 4.43. The van der Waals surface area contributed by atoms with Crippen molar-refractivity contribution in [2.75, 3.05) is 11.1 Å². The molecule has 0 saturated heterocycles. The van der Waals surface area contributed by atoms with Gasteiger partial charge in [0.25, 0.3) is 0 Å². The maximum Gasteiger partial charge on any atom is 0.181 e. The van der Waals surface area contributed by atoms with E-state index >= 15 is 0 Å². The van der Waals surface area contributed by atoms with Crippen LogP contribution in [0, 0.1) is 18.3 Å². The predicted octanol–water partition coefficient (Wildman–Crippen LogP) is 2.81. The molecule has 0 amide bonds. The molecular formula is C16H14N2O2S. The third-order valence-electron chi connectivity index (χ3n) is 3.73. The van der Waals surface area contributed by atoms with Crippen molar-refractivity contribution in [3.63, 3.8) is 0 Å². The monoisotopic (exact) mass is 298 g/mol. The van der Waals surface area contributed by atoms with Crippen molar-refractivity contribution in [2.24, 2.45) is 0 Å². The zero-order valence-corrected chi connectivity index (χ0v) is 12.3. The molecule has 0 aliphatic carbocycles. The molecule has 1 unspecified atom stereocenters. The first kappa shape index (κ1) is 13.7. The predicted molar refractivity (Wildman–Crippen MR) is 80.8 cm³/mol. The summed E-state index contributed by atoms with van der Waals surface area (Å²) in [4.78, 5) is 0.383. The number of benzene rings is 2. The summed E-state index contributed by atoms with van der Waals surface area (Å²) in [5.74, 6) is 0.0190. The average molecular weight is 298 g/mol. The first-order chi connectivity index (χ1) is 10.0. The Morgan fingerprint density at radius 3 is 2.71 bits per heavy atom. The van der Waals surface area contributed by atoms with Crippen LogP contribution in [0.3, 0.4) is 0 Å². The van der Waals surface area contributed by atoms with E-state index in [0.29, 0.717) is 16.1 Å². The number of hydrogen-bond donors (Lipinski definition) is 1. The number of anilines is 1. The van der Waals surface area contributed by atoms with Gasteiger partial charge in [0.1, 0.15) is 6.07 Å². The third-order valence-corrected chi connectivity index (χ3v) is 5.54. The molecule has 106 valence electrons. The van der Waals surface area contributed by atoms with Crippen LogP contribution in [0.1, 0.15) is 22.7 Å². The molecule has 5 heteroatoms. The van der Waals surface area contributed by atoms with Crippen molar-refractivity contribution in [1.29, 1.82) is 5.26 Å². The van der Waals surface area contributed by atoms with Crippen LogP contribution in [0.5, 0.6) is 0 Å². The summed E-state index contributed by atoms with van der Waals surface area (Å²) in [5.41, 5.74) is 2.87. The first-order valence-electron chi connectivity index (χ1n) is 6.61. The Morgan fingerprint density at radius 2 is 1.95 bits per heavy atom. The smallest absolute Gasteiger partial charge is 0.181 e. The van der Waals surface area contributed by atoms with Gasteiger partial charge in [0.15, 0.2) is 9.84 Å². The molecule has 0 saturated carbocycles. The van der Waals surface area contributed by atoms with E-state index in [9.17, 15) is 13.7 Å². The normalized spacial score (nSPS) is 18.8. The molecule has 4 nitrogen and oxygen atoms in total. The van der Waals surface area contributed by atoms with Crippen LogP contribution in [0.2, 0.25) is 0 Å². The number of sulfone groups is 1. The van der Waals surface area contributed by atoms with Crippen molar-refractivity contribution in [3.8, 4) is 6.07 Å². The molecule has 1 aliphatic heterocycles. The first-order valence-corrected chi connectivity index (χ1v) is 8.26. The van der Waals surface area contributed by atoms with E-state index in [4.69, 9.17) is 0 Å². The summed E-state index contributed by atoms with van der Waals surface area (Å²) in [6.45, 7) is 1.86. The van der Waals surface area contributed by atoms with Gasteiger partial charge in [-0.05, 0) is 30.2 Å². The quantitative estimate of drug-likeness (QED) is 0.925. The fraction of sp³-hybridized carbons (Fsp3) is 0.188. The molecule has 0 fully saturated rings. The van der Waals surface area contributed by atoms with E-state index in [2.05, 4.69) is 11.4 Å². The largest absolute Gasteiger partial charge is 0.376 e. The number of nitrogens with one attached hydrogen (secondary N) is 1. The van der Waals surface area contributed by atoms with Gasteiger partial charge in [-0.15, -0.1) is 0 Å². The summed E-state index contributed by atoms with van der Waals surface area (Å²) < 4.78 is 24.3. The number of nitriles is 1. The van der Waals surface area contributed by atoms with Gasteiger partial charge in [0, 0.05) is 0 Å². The lowest BCUT2D eigenvalue weighted by molar-refractivity contribution is 0.598. The van der Waals surface area contributed by atoms with E-state index in [0.717, 1.165) is 11.1 Å². The highest BCUT2D eigenvalue weighted by Crippen LogP contribution is 2.36. The van der Waals surface area contributed by atoms with Crippen molar-refractivity contribution >= 4 is 15.5 Å². The highest BCUT2D eigenvalue weighted by atomic mass is 32.2. The van der Waals surface area contributed by atoms with E-state index in [1.54, 1.807) is 18.2 Å². The molecule has 1 aliphatic rings. The van der Waals surface area contributed by atoms with Crippen LogP contribution in [0.25, 0.3) is 0 Å². The maximum atomic E-state index is 12.2. The lowest BCUT2D eigenvalue weighted by atomic mass is 10.0. The van der Waals surface area contributed by atoms with Crippen LogP contribution < -0.4 is 5.32 Å². The van der Waals surface area contributed by atoms with Crippen LogP contribution in [-0.4, -0.2) is 14.2 Å². The standard InChI is InChI=1S/C16H14N2O2S/c1-11-5-4-7-14(13(11)9-17)18-15-10-21(19,20)16-8-3-2-6-12(15)16/h2-8,15,18H,10H2,1H3. The molecule has 3 rings (SSSR count). The van der Waals surface area contributed by atoms with Crippen LogP contribution >= 0.6 is 0 Å². The Labute approximate surface area is 124 Å². The van der Waals surface area contributed by atoms with Gasteiger partial charge >= 0.3 is 0 Å². The second-order valence-electron chi connectivity index (χ2n) is 5.13. The molecule has 1 atom stereocenters. The van der Waals surface area contributed by atoms with Gasteiger partial charge in [0.05, 0.1) is 27.9 Å². The minimum absolute atomic E-state index is 0.0190. The van der Waals surface area contributed by atoms with Gasteiger partial charge in [-0.25, -0.2) is 8.42 Å². The molecule has 0 bridgehead atoms. The van der Waals surface area contributed by atoms with Crippen molar-refractivity contribution < 1.29 is 8.42 Å². The minimum atomic E-state index is -3.25. The molecule has 0 aromatic heterocycles. The lowest BCUT2D eigenvalue weighted by Gasteiger charge is -2.16. The van der Waals surface area contributed by atoms with Gasteiger partial charge in [-0.2, -0.15) is 5.26 Å². The zero-order chi connectivity index (χ0) is 15.0. The summed E-state index contributed by atoms with van der Waals surface area (Å²) in [7, 11) is -3.25. The van der Waals surface area contributed by atoms with E-state index in [1.165, 1.54) is 0 Å². The zero-order valence-electron chi connectivity index (χ0n) is 11.5. The molecule has 1 heterocycles. The second-order valence-corrected chi connectivity index (χ2v) is 7.13. The number of nitrogens with zero attached hydrogens (tertiary/aromatic N) is 1. The number of rotatable bonds is 2. The Morgan fingerprint density at radius 1 is 1.19 bits per heavy atom. The highest BCUT2D eigenvalue weighted by molar-refractivity contribution is 7.91. The number of hydrogen-bond acceptors (Lipinski definition) is 4. The molecule has 21 heavy (non-hydrogen) atoms. The van der Waals surface area contributed by atoms with Gasteiger partial charge in [-0.3, -0.25) is 0 Å². The highest BCUT2D eigenvalue weighted by Gasteiger charge is 2.34. The van der Waals surface area contributed by atoms with Crippen molar-refractivity contribution in [1.82, 2.24) is 0 Å². The van der Waals surface area contributed by atoms with Crippen LogP contribution in [0.4, 0.5) is 5.69 Å². The summed E-state index contributed by atoms with van der Waals surface area (Å²) >= 11 is 0. The van der Waals surface area contributed by atoms with Crippen LogP contribution in [0.15, 0.2) is 47.4 Å². The van der Waals surface area contributed by atoms with E-state index < -0.39 is 9.84 Å². The minimum Gasteiger partial charge on any atom is -0.376 e. The molecule has 0 radical (unpaired) electrons. The molecule has 0 spiro atoms. The molecule has 2 aromatic carbocycles. The Bertz CT molecular complexity index is 851. The lowest BCUT2D eigenvalue weighted by Crippen LogP contribution is -2.14. The summed E-state index contributed by atoms with van der Waals surface area (Å²) in [6, 6.07) is 14.4. The SMILES string of the molecule is Cc1cccc(NC2CS(=O)(=O)c3ccccc32)c1C#N. The van der Waals surface area contributed by atoms with Gasteiger partial charge < -0.3 is 5.32 Å².